The highest BCUT2D eigenvalue weighted by molar-refractivity contribution is 4.53. The Bertz CT molecular complexity index is 117. The van der Waals surface area contributed by atoms with Gasteiger partial charge in [0.05, 0.1) is 0 Å². The van der Waals surface area contributed by atoms with Crippen LogP contribution in [0.25, 0.3) is 0 Å². The van der Waals surface area contributed by atoms with Crippen LogP contribution in [0.15, 0.2) is 0 Å². The fourth-order valence-electron chi connectivity index (χ4n) is 2.16. The van der Waals surface area contributed by atoms with E-state index in [0.29, 0.717) is 0 Å². The van der Waals surface area contributed by atoms with Crippen molar-refractivity contribution in [3.63, 3.8) is 0 Å². The van der Waals surface area contributed by atoms with E-state index in [0.717, 1.165) is 0 Å². The van der Waals surface area contributed by atoms with E-state index in [-0.39, 0.29) is 0 Å². The maximum Gasteiger partial charge on any atom is -0.00214 e. The van der Waals surface area contributed by atoms with E-state index in [9.17, 15) is 0 Å². The summed E-state index contributed by atoms with van der Waals surface area (Å²) in [6, 6.07) is 0. The second-order valence-electron chi connectivity index (χ2n) is 5.14. The van der Waals surface area contributed by atoms with Crippen LogP contribution >= 0.6 is 0 Å². The van der Waals surface area contributed by atoms with E-state index in [1.165, 1.54) is 64.8 Å². The van der Waals surface area contributed by atoms with Gasteiger partial charge < -0.3 is 9.80 Å². The summed E-state index contributed by atoms with van der Waals surface area (Å²) in [5.41, 5.74) is 0. The van der Waals surface area contributed by atoms with Crippen LogP contribution in [0, 0.1) is 0 Å². The molecule has 0 fully saturated rings. The smallest absolute Gasteiger partial charge is 0.00214 e. The highest BCUT2D eigenvalue weighted by atomic mass is 15.1. The summed E-state index contributed by atoms with van der Waals surface area (Å²) in [6.45, 7) is 17.5. The largest absolute Gasteiger partial charge is 0.306 e. The lowest BCUT2D eigenvalue weighted by atomic mass is 10.3. The number of rotatable bonds is 10. The number of hydrogen-bond acceptors (Lipinski definition) is 2. The van der Waals surface area contributed by atoms with E-state index >= 15 is 0 Å². The Morgan fingerprint density at radius 2 is 0.778 bits per heavy atom. The average molecular weight is 258 g/mol. The minimum atomic E-state index is 1.24. The SMILES string of the molecule is CCCN(C)CCC.CCCN(CCC)CCC. The van der Waals surface area contributed by atoms with Crippen molar-refractivity contribution >= 4 is 0 Å². The lowest BCUT2D eigenvalue weighted by molar-refractivity contribution is 0.275. The van der Waals surface area contributed by atoms with Crippen molar-refractivity contribution in [2.75, 3.05) is 39.8 Å². The van der Waals surface area contributed by atoms with Crippen molar-refractivity contribution in [3.05, 3.63) is 0 Å². The summed E-state index contributed by atoms with van der Waals surface area (Å²) in [6.07, 6.45) is 6.42. The maximum absolute atomic E-state index is 2.54. The first-order valence-electron chi connectivity index (χ1n) is 8.06. The third-order valence-corrected chi connectivity index (χ3v) is 2.83. The predicted molar refractivity (Wildman–Crippen MR) is 85.4 cm³/mol. The molecule has 0 rings (SSSR count). The van der Waals surface area contributed by atoms with Crippen LogP contribution in [0.1, 0.15) is 66.7 Å². The van der Waals surface area contributed by atoms with Gasteiger partial charge in [-0.2, -0.15) is 0 Å². The standard InChI is InChI=1S/C9H21N.C7H17N/c1-4-7-10(8-5-2)9-6-3;1-4-6-8(3)7-5-2/h4-9H2,1-3H3;4-7H2,1-3H3. The van der Waals surface area contributed by atoms with Crippen LogP contribution in [-0.2, 0) is 0 Å². The van der Waals surface area contributed by atoms with Crippen molar-refractivity contribution in [1.82, 2.24) is 9.80 Å². The van der Waals surface area contributed by atoms with Crippen LogP contribution < -0.4 is 0 Å². The van der Waals surface area contributed by atoms with Crippen molar-refractivity contribution < 1.29 is 0 Å². The Morgan fingerprint density at radius 1 is 0.500 bits per heavy atom. The molecule has 0 atom stereocenters. The number of nitrogens with zero attached hydrogens (tertiary/aromatic N) is 2. The summed E-state index contributed by atoms with van der Waals surface area (Å²) < 4.78 is 0. The lowest BCUT2D eigenvalue weighted by Gasteiger charge is -2.19. The van der Waals surface area contributed by atoms with Crippen molar-refractivity contribution in [2.45, 2.75) is 66.7 Å². The summed E-state index contributed by atoms with van der Waals surface area (Å²) in [4.78, 5) is 4.90. The molecule has 0 radical (unpaired) electrons. The molecule has 0 aromatic heterocycles. The Hall–Kier alpha value is -0.0800. The molecule has 112 valence electrons. The van der Waals surface area contributed by atoms with Crippen LogP contribution in [-0.4, -0.2) is 49.6 Å². The molecule has 2 heteroatoms. The van der Waals surface area contributed by atoms with Gasteiger partial charge >= 0.3 is 0 Å². The molecule has 2 nitrogen and oxygen atoms in total. The third kappa shape index (κ3) is 15.9. The molecular weight excluding hydrogens is 220 g/mol. The van der Waals surface area contributed by atoms with E-state index in [4.69, 9.17) is 0 Å². The summed E-state index contributed by atoms with van der Waals surface area (Å²) >= 11 is 0. The highest BCUT2D eigenvalue weighted by Gasteiger charge is 1.98. The third-order valence-electron chi connectivity index (χ3n) is 2.83. The van der Waals surface area contributed by atoms with Gasteiger partial charge in [-0.1, -0.05) is 34.6 Å². The quantitative estimate of drug-likeness (QED) is 0.578. The first-order chi connectivity index (χ1) is 8.65. The molecule has 0 unspecified atom stereocenters. The van der Waals surface area contributed by atoms with Crippen LogP contribution in [0.3, 0.4) is 0 Å². The lowest BCUT2D eigenvalue weighted by Crippen LogP contribution is -2.25. The van der Waals surface area contributed by atoms with Crippen LogP contribution in [0.4, 0.5) is 0 Å². The molecule has 0 saturated heterocycles. The van der Waals surface area contributed by atoms with Gasteiger partial charge in [0, 0.05) is 0 Å². The average Bonchev–Trinajstić information content (AvgIpc) is 2.31. The summed E-state index contributed by atoms with van der Waals surface area (Å²) in [7, 11) is 2.17. The predicted octanol–water partition coefficient (Wildman–Crippen LogP) is 4.26. The van der Waals surface area contributed by atoms with Gasteiger partial charge in [-0.15, -0.1) is 0 Å². The monoisotopic (exact) mass is 258 g/mol. The molecule has 0 aliphatic heterocycles. The molecule has 0 saturated carbocycles. The molecule has 0 aliphatic carbocycles. The fraction of sp³-hybridized carbons (Fsp3) is 1.00. The molecule has 0 aromatic carbocycles. The molecule has 0 aliphatic rings. The molecule has 18 heavy (non-hydrogen) atoms. The van der Waals surface area contributed by atoms with Gasteiger partial charge in [0.2, 0.25) is 0 Å². The zero-order chi connectivity index (χ0) is 14.2. The molecule has 0 heterocycles. The van der Waals surface area contributed by atoms with E-state index in [1.54, 1.807) is 0 Å². The molecule has 0 spiro atoms. The van der Waals surface area contributed by atoms with Gasteiger partial charge in [0.25, 0.3) is 0 Å². The van der Waals surface area contributed by atoms with Crippen molar-refractivity contribution in [1.29, 1.82) is 0 Å². The topological polar surface area (TPSA) is 6.48 Å². The second-order valence-corrected chi connectivity index (χ2v) is 5.14. The first kappa shape index (κ1) is 20.2. The van der Waals surface area contributed by atoms with Gasteiger partial charge in [-0.25, -0.2) is 0 Å². The minimum Gasteiger partial charge on any atom is -0.306 e. The Balaban J connectivity index is 0. The zero-order valence-electron chi connectivity index (χ0n) is 14.0. The van der Waals surface area contributed by atoms with Gasteiger partial charge in [-0.3, -0.25) is 0 Å². The van der Waals surface area contributed by atoms with Gasteiger partial charge in [0.1, 0.15) is 0 Å². The maximum atomic E-state index is 2.54. The summed E-state index contributed by atoms with van der Waals surface area (Å²) in [5.74, 6) is 0. The second kappa shape index (κ2) is 16.9. The van der Waals surface area contributed by atoms with E-state index in [1.807, 2.05) is 0 Å². The first-order valence-corrected chi connectivity index (χ1v) is 8.06. The Morgan fingerprint density at radius 3 is 1.00 bits per heavy atom. The highest BCUT2D eigenvalue weighted by Crippen LogP contribution is 1.94. The molecule has 0 aromatic rings. The van der Waals surface area contributed by atoms with Crippen LogP contribution in [0.2, 0.25) is 0 Å². The van der Waals surface area contributed by atoms with E-state index in [2.05, 4.69) is 51.5 Å². The number of hydrogen-bond donors (Lipinski definition) is 0. The fourth-order valence-corrected chi connectivity index (χ4v) is 2.16. The Labute approximate surface area is 117 Å². The molecule has 0 N–H and O–H groups in total. The zero-order valence-corrected chi connectivity index (χ0v) is 14.0. The van der Waals surface area contributed by atoms with Crippen molar-refractivity contribution in [2.24, 2.45) is 0 Å². The van der Waals surface area contributed by atoms with Gasteiger partial charge in [0.15, 0.2) is 0 Å². The summed E-state index contributed by atoms with van der Waals surface area (Å²) in [5, 5.41) is 0. The van der Waals surface area contributed by atoms with E-state index < -0.39 is 0 Å². The minimum absolute atomic E-state index is 1.24. The molecular formula is C16H38N2. The van der Waals surface area contributed by atoms with Gasteiger partial charge in [-0.05, 0) is 71.9 Å². The van der Waals surface area contributed by atoms with Crippen LogP contribution in [0.5, 0.6) is 0 Å². The molecule has 0 amide bonds. The normalized spacial score (nSPS) is 10.7. The molecule has 0 bridgehead atoms. The Kier molecular flexibility index (Phi) is 19.0. The van der Waals surface area contributed by atoms with Crippen molar-refractivity contribution in [3.8, 4) is 0 Å².